The normalized spacial score (nSPS) is 14.3. The van der Waals surface area contributed by atoms with E-state index in [0.29, 0.717) is 0 Å². The van der Waals surface area contributed by atoms with Crippen molar-refractivity contribution in [2.24, 2.45) is 0 Å². The Morgan fingerprint density at radius 3 is 2.36 bits per heavy atom. The molecular formula is C5H7F3O3. The Kier molecular flexibility index (Phi) is 3.31. The Hall–Kier alpha value is -0.780. The summed E-state index contributed by atoms with van der Waals surface area (Å²) in [4.78, 5) is 10.2. The molecule has 6 heteroatoms. The van der Waals surface area contributed by atoms with Crippen LogP contribution in [0.3, 0.4) is 0 Å². The maximum Gasteiger partial charge on any atom is 0.425 e. The van der Waals surface area contributed by atoms with Crippen LogP contribution in [-0.2, 0) is 9.53 Å². The van der Waals surface area contributed by atoms with E-state index in [9.17, 15) is 18.0 Å². The molecule has 0 amide bonds. The lowest BCUT2D eigenvalue weighted by Gasteiger charge is -2.12. The molecule has 3 nitrogen and oxygen atoms in total. The minimum absolute atomic E-state index is 0.189. The number of alkyl halides is 3. The van der Waals surface area contributed by atoms with Crippen molar-refractivity contribution in [3.05, 3.63) is 0 Å². The Morgan fingerprint density at radius 2 is 2.09 bits per heavy atom. The van der Waals surface area contributed by atoms with Gasteiger partial charge in [-0.15, -0.1) is 0 Å². The molecule has 0 unspecified atom stereocenters. The van der Waals surface area contributed by atoms with Crippen molar-refractivity contribution in [3.8, 4) is 0 Å². The van der Waals surface area contributed by atoms with E-state index in [1.807, 2.05) is 0 Å². The summed E-state index contributed by atoms with van der Waals surface area (Å²) in [5.41, 5.74) is 0. The fraction of sp³-hybridized carbons (Fsp3) is 0.800. The van der Waals surface area contributed by atoms with Gasteiger partial charge in [-0.1, -0.05) is 0 Å². The third-order valence-electron chi connectivity index (χ3n) is 0.820. The number of hydrogen-bond acceptors (Lipinski definition) is 3. The average molecular weight is 172 g/mol. The molecule has 0 heterocycles. The van der Waals surface area contributed by atoms with Crippen molar-refractivity contribution in [2.75, 3.05) is 6.61 Å². The zero-order valence-electron chi connectivity index (χ0n) is 5.68. The summed E-state index contributed by atoms with van der Waals surface area (Å²) in [6, 6.07) is 0. The van der Waals surface area contributed by atoms with Gasteiger partial charge in [0.05, 0.1) is 6.61 Å². The number of carbonyl (C=O) groups is 1. The van der Waals surface area contributed by atoms with Crippen molar-refractivity contribution in [2.45, 2.75) is 19.2 Å². The molecule has 0 bridgehead atoms. The number of hydrogen-bond donors (Lipinski definition) is 1. The van der Waals surface area contributed by atoms with E-state index >= 15 is 0 Å². The minimum atomic E-state index is -4.94. The average Bonchev–Trinajstić information content (AvgIpc) is 1.85. The first-order valence-electron chi connectivity index (χ1n) is 2.81. The second-order valence-corrected chi connectivity index (χ2v) is 1.70. The number of esters is 1. The first kappa shape index (κ1) is 10.2. The molecule has 0 radical (unpaired) electrons. The molecule has 0 saturated heterocycles. The van der Waals surface area contributed by atoms with E-state index in [0.717, 1.165) is 0 Å². The number of carbonyl (C=O) groups excluding carboxylic acids is 1. The van der Waals surface area contributed by atoms with Gasteiger partial charge in [0.25, 0.3) is 0 Å². The first-order valence-corrected chi connectivity index (χ1v) is 2.81. The lowest BCUT2D eigenvalue weighted by Crippen LogP contribution is -2.37. The number of aliphatic hydroxyl groups is 1. The van der Waals surface area contributed by atoms with Gasteiger partial charge in [0, 0.05) is 0 Å². The standard InChI is InChI=1S/C5H7F3O3/c1-2-11-4(10)3(9)5(6,7)8/h3,9H,2H2,1H3/t3-/m0/s1. The van der Waals surface area contributed by atoms with E-state index in [2.05, 4.69) is 4.74 Å². The van der Waals surface area contributed by atoms with Crippen LogP contribution in [0, 0.1) is 0 Å². The fourth-order valence-corrected chi connectivity index (χ4v) is 0.355. The molecule has 0 aromatic rings. The summed E-state index contributed by atoms with van der Waals surface area (Å²) in [6.07, 6.45) is -7.96. The second-order valence-electron chi connectivity index (χ2n) is 1.70. The molecule has 11 heavy (non-hydrogen) atoms. The predicted octanol–water partition coefficient (Wildman–Crippen LogP) is 0.473. The van der Waals surface area contributed by atoms with E-state index in [1.165, 1.54) is 6.92 Å². The van der Waals surface area contributed by atoms with Crippen molar-refractivity contribution in [3.63, 3.8) is 0 Å². The minimum Gasteiger partial charge on any atom is -0.464 e. The molecule has 0 saturated carbocycles. The Morgan fingerprint density at radius 1 is 1.64 bits per heavy atom. The zero-order valence-corrected chi connectivity index (χ0v) is 5.68. The summed E-state index contributed by atoms with van der Waals surface area (Å²) in [7, 11) is 0. The number of ether oxygens (including phenoxy) is 1. The van der Waals surface area contributed by atoms with Gasteiger partial charge in [0.1, 0.15) is 0 Å². The van der Waals surface area contributed by atoms with Crippen LogP contribution in [0.15, 0.2) is 0 Å². The van der Waals surface area contributed by atoms with Crippen molar-refractivity contribution < 1.29 is 27.8 Å². The highest BCUT2D eigenvalue weighted by Gasteiger charge is 2.44. The summed E-state index contributed by atoms with van der Waals surface area (Å²) >= 11 is 0. The fourth-order valence-electron chi connectivity index (χ4n) is 0.355. The molecule has 0 rings (SSSR count). The lowest BCUT2D eigenvalue weighted by molar-refractivity contribution is -0.217. The first-order chi connectivity index (χ1) is 4.89. The van der Waals surface area contributed by atoms with Gasteiger partial charge in [-0.25, -0.2) is 4.79 Å². The van der Waals surface area contributed by atoms with Gasteiger partial charge in [0.2, 0.25) is 6.10 Å². The smallest absolute Gasteiger partial charge is 0.425 e. The number of aliphatic hydroxyl groups excluding tert-OH is 1. The van der Waals surface area contributed by atoms with Crippen LogP contribution in [0.1, 0.15) is 6.92 Å². The summed E-state index contributed by atoms with van der Waals surface area (Å²) in [6.45, 7) is 1.16. The van der Waals surface area contributed by atoms with Gasteiger partial charge in [-0.05, 0) is 6.92 Å². The molecular weight excluding hydrogens is 165 g/mol. The van der Waals surface area contributed by atoms with Gasteiger partial charge < -0.3 is 9.84 Å². The molecule has 0 aliphatic rings. The van der Waals surface area contributed by atoms with Crippen molar-refractivity contribution in [1.29, 1.82) is 0 Å². The molecule has 66 valence electrons. The molecule has 0 fully saturated rings. The van der Waals surface area contributed by atoms with Crippen LogP contribution in [0.2, 0.25) is 0 Å². The molecule has 1 atom stereocenters. The third-order valence-corrected chi connectivity index (χ3v) is 0.820. The highest BCUT2D eigenvalue weighted by atomic mass is 19.4. The molecule has 0 aliphatic heterocycles. The van der Waals surface area contributed by atoms with Gasteiger partial charge in [-0.2, -0.15) is 13.2 Å². The van der Waals surface area contributed by atoms with Gasteiger partial charge in [-0.3, -0.25) is 0 Å². The highest BCUT2D eigenvalue weighted by Crippen LogP contribution is 2.20. The number of rotatable bonds is 2. The zero-order chi connectivity index (χ0) is 9.07. The lowest BCUT2D eigenvalue weighted by atomic mass is 10.3. The van der Waals surface area contributed by atoms with E-state index in [1.54, 1.807) is 0 Å². The maximum absolute atomic E-state index is 11.5. The van der Waals surface area contributed by atoms with E-state index in [4.69, 9.17) is 5.11 Å². The Labute approximate surface area is 60.8 Å². The summed E-state index contributed by atoms with van der Waals surface area (Å²) < 4.78 is 38.3. The largest absolute Gasteiger partial charge is 0.464 e. The van der Waals surface area contributed by atoms with Crippen LogP contribution in [0.5, 0.6) is 0 Å². The SMILES string of the molecule is CCOC(=O)[C@H](O)C(F)(F)F. The van der Waals surface area contributed by atoms with Crippen molar-refractivity contribution >= 4 is 5.97 Å². The molecule has 0 spiro atoms. The van der Waals surface area contributed by atoms with Crippen LogP contribution in [-0.4, -0.2) is 30.0 Å². The summed E-state index contributed by atoms with van der Waals surface area (Å²) in [5.74, 6) is -1.67. The maximum atomic E-state index is 11.5. The van der Waals surface area contributed by atoms with E-state index < -0.39 is 18.2 Å². The molecule has 0 aliphatic carbocycles. The van der Waals surface area contributed by atoms with Crippen molar-refractivity contribution in [1.82, 2.24) is 0 Å². The third kappa shape index (κ3) is 3.22. The summed E-state index contributed by atoms with van der Waals surface area (Å²) in [5, 5.41) is 8.19. The highest BCUT2D eigenvalue weighted by molar-refractivity contribution is 5.75. The van der Waals surface area contributed by atoms with E-state index in [-0.39, 0.29) is 6.61 Å². The van der Waals surface area contributed by atoms with Gasteiger partial charge >= 0.3 is 12.1 Å². The molecule has 0 aromatic carbocycles. The van der Waals surface area contributed by atoms with Crippen LogP contribution in [0.4, 0.5) is 13.2 Å². The van der Waals surface area contributed by atoms with Crippen LogP contribution < -0.4 is 0 Å². The monoisotopic (exact) mass is 172 g/mol. The topological polar surface area (TPSA) is 46.5 Å². The molecule has 1 N–H and O–H groups in total. The molecule has 0 aromatic heterocycles. The Balaban J connectivity index is 4.03. The Bertz CT molecular complexity index is 142. The predicted molar refractivity (Wildman–Crippen MR) is 28.7 cm³/mol. The second kappa shape index (κ2) is 3.56. The number of halogens is 3. The quantitative estimate of drug-likeness (QED) is 0.616. The van der Waals surface area contributed by atoms with Crippen LogP contribution >= 0.6 is 0 Å². The van der Waals surface area contributed by atoms with Gasteiger partial charge in [0.15, 0.2) is 0 Å². The van der Waals surface area contributed by atoms with Crippen LogP contribution in [0.25, 0.3) is 0 Å².